The molecule has 0 radical (unpaired) electrons. The molecular formula is C22H32ClN3O. The highest BCUT2D eigenvalue weighted by atomic mass is 35.5. The summed E-state index contributed by atoms with van der Waals surface area (Å²) in [6, 6.07) is 5.69. The van der Waals surface area contributed by atoms with Gasteiger partial charge >= 0.3 is 6.03 Å². The van der Waals surface area contributed by atoms with Crippen LogP contribution in [0.3, 0.4) is 0 Å². The molecule has 5 heteroatoms. The summed E-state index contributed by atoms with van der Waals surface area (Å²) in [6.07, 6.45) is 12.5. The minimum atomic E-state index is -0.143. The van der Waals surface area contributed by atoms with Crippen molar-refractivity contribution < 1.29 is 4.79 Å². The van der Waals surface area contributed by atoms with Gasteiger partial charge in [0.1, 0.15) is 0 Å². The van der Waals surface area contributed by atoms with Crippen molar-refractivity contribution in [1.82, 2.24) is 10.2 Å². The third-order valence-electron chi connectivity index (χ3n) is 5.66. The lowest BCUT2D eigenvalue weighted by Crippen LogP contribution is -2.46. The average molecular weight is 390 g/mol. The standard InChI is InChI=1S/C22H32ClN3O/c1-17-9-10-20(15-21(17)23)25-22(27)24-19-11-13-26(14-12-19)16-18-7-5-3-2-4-6-8-18/h7,9-10,15,19H,2-6,8,11-14,16H2,1H3,(H2,24,25,27). The van der Waals surface area contributed by atoms with E-state index in [1.807, 2.05) is 19.1 Å². The number of urea groups is 1. The molecule has 0 aromatic heterocycles. The summed E-state index contributed by atoms with van der Waals surface area (Å²) in [6.45, 7) is 5.17. The Kier molecular flexibility index (Phi) is 7.59. The zero-order valence-electron chi connectivity index (χ0n) is 16.4. The van der Waals surface area contributed by atoms with E-state index in [0.717, 1.165) is 43.7 Å². The van der Waals surface area contributed by atoms with Crippen molar-refractivity contribution in [2.24, 2.45) is 0 Å². The number of likely N-dealkylation sites (tertiary alicyclic amines) is 1. The van der Waals surface area contributed by atoms with E-state index in [-0.39, 0.29) is 12.1 Å². The minimum Gasteiger partial charge on any atom is -0.335 e. The molecule has 27 heavy (non-hydrogen) atoms. The number of carbonyl (C=O) groups is 1. The molecule has 1 aliphatic heterocycles. The monoisotopic (exact) mass is 389 g/mol. The van der Waals surface area contributed by atoms with Crippen LogP contribution in [0.25, 0.3) is 0 Å². The third kappa shape index (κ3) is 6.54. The average Bonchev–Trinajstić information content (AvgIpc) is 2.62. The van der Waals surface area contributed by atoms with Crippen LogP contribution in [-0.4, -0.2) is 36.6 Å². The van der Waals surface area contributed by atoms with Crippen LogP contribution in [0.5, 0.6) is 0 Å². The van der Waals surface area contributed by atoms with Crippen LogP contribution in [0, 0.1) is 6.92 Å². The van der Waals surface area contributed by atoms with E-state index in [9.17, 15) is 4.79 Å². The molecule has 1 aliphatic carbocycles. The lowest BCUT2D eigenvalue weighted by molar-refractivity contribution is 0.205. The van der Waals surface area contributed by atoms with E-state index < -0.39 is 0 Å². The van der Waals surface area contributed by atoms with Crippen molar-refractivity contribution in [2.75, 3.05) is 25.0 Å². The van der Waals surface area contributed by atoms with Gasteiger partial charge in [0.25, 0.3) is 0 Å². The number of nitrogens with zero attached hydrogens (tertiary/aromatic N) is 1. The number of halogens is 1. The molecular weight excluding hydrogens is 358 g/mol. The van der Waals surface area contributed by atoms with Gasteiger partial charge in [0, 0.05) is 36.4 Å². The number of aryl methyl sites for hydroxylation is 1. The lowest BCUT2D eigenvalue weighted by Gasteiger charge is -2.33. The summed E-state index contributed by atoms with van der Waals surface area (Å²) in [5.41, 5.74) is 3.36. The van der Waals surface area contributed by atoms with E-state index in [1.165, 1.54) is 38.5 Å². The highest BCUT2D eigenvalue weighted by Gasteiger charge is 2.21. The fourth-order valence-corrected chi connectivity index (χ4v) is 4.13. The number of piperidine rings is 1. The maximum atomic E-state index is 12.3. The molecule has 4 nitrogen and oxygen atoms in total. The zero-order chi connectivity index (χ0) is 19.1. The predicted octanol–water partition coefficient (Wildman–Crippen LogP) is 5.51. The van der Waals surface area contributed by atoms with Crippen molar-refractivity contribution in [3.05, 3.63) is 40.4 Å². The number of nitrogens with one attached hydrogen (secondary N) is 2. The van der Waals surface area contributed by atoms with Gasteiger partial charge in [0.2, 0.25) is 0 Å². The molecule has 1 fully saturated rings. The largest absolute Gasteiger partial charge is 0.335 e. The summed E-state index contributed by atoms with van der Waals surface area (Å²) in [7, 11) is 0. The van der Waals surface area contributed by atoms with Crippen LogP contribution < -0.4 is 10.6 Å². The highest BCUT2D eigenvalue weighted by Crippen LogP contribution is 2.21. The molecule has 148 valence electrons. The number of carbonyl (C=O) groups excluding carboxylic acids is 1. The molecule has 2 amide bonds. The third-order valence-corrected chi connectivity index (χ3v) is 6.07. The van der Waals surface area contributed by atoms with Gasteiger partial charge in [-0.05, 0) is 63.1 Å². The second-order valence-electron chi connectivity index (χ2n) is 7.93. The Morgan fingerprint density at radius 2 is 1.96 bits per heavy atom. The summed E-state index contributed by atoms with van der Waals surface area (Å²) < 4.78 is 0. The van der Waals surface area contributed by atoms with E-state index in [4.69, 9.17) is 11.6 Å². The Balaban J connectivity index is 1.40. The maximum absolute atomic E-state index is 12.3. The van der Waals surface area contributed by atoms with E-state index in [1.54, 1.807) is 11.6 Å². The number of allylic oxidation sites excluding steroid dienone is 1. The Morgan fingerprint density at radius 1 is 1.19 bits per heavy atom. The first-order chi connectivity index (χ1) is 13.1. The van der Waals surface area contributed by atoms with Crippen LogP contribution >= 0.6 is 11.6 Å². The van der Waals surface area contributed by atoms with Crippen LogP contribution in [0.4, 0.5) is 10.5 Å². The minimum absolute atomic E-state index is 0.143. The molecule has 1 heterocycles. The Hall–Kier alpha value is -1.52. The first kappa shape index (κ1) is 20.2. The van der Waals surface area contributed by atoms with E-state index in [2.05, 4.69) is 21.6 Å². The van der Waals surface area contributed by atoms with Crippen LogP contribution in [-0.2, 0) is 0 Å². The number of rotatable bonds is 4. The van der Waals surface area contributed by atoms with Gasteiger partial charge < -0.3 is 10.6 Å². The Bertz CT molecular complexity index is 666. The summed E-state index contributed by atoms with van der Waals surface area (Å²) >= 11 is 6.12. The van der Waals surface area contributed by atoms with Gasteiger partial charge in [0.05, 0.1) is 0 Å². The molecule has 3 rings (SSSR count). The SMILES string of the molecule is Cc1ccc(NC(=O)NC2CCN(CC3=CCCCCCC3)CC2)cc1Cl. The molecule has 0 spiro atoms. The second kappa shape index (κ2) is 10.1. The topological polar surface area (TPSA) is 44.4 Å². The fraction of sp³-hybridized carbons (Fsp3) is 0.591. The molecule has 0 unspecified atom stereocenters. The van der Waals surface area contributed by atoms with Crippen LogP contribution in [0.1, 0.15) is 56.9 Å². The zero-order valence-corrected chi connectivity index (χ0v) is 17.2. The molecule has 0 saturated carbocycles. The lowest BCUT2D eigenvalue weighted by atomic mass is 9.98. The molecule has 0 bridgehead atoms. The summed E-state index contributed by atoms with van der Waals surface area (Å²) in [4.78, 5) is 14.8. The molecule has 2 aliphatic rings. The van der Waals surface area contributed by atoms with Gasteiger partial charge in [-0.25, -0.2) is 4.79 Å². The van der Waals surface area contributed by atoms with Crippen molar-refractivity contribution in [3.8, 4) is 0 Å². The predicted molar refractivity (Wildman–Crippen MR) is 114 cm³/mol. The van der Waals surface area contributed by atoms with Gasteiger partial charge in [0.15, 0.2) is 0 Å². The van der Waals surface area contributed by atoms with Crippen LogP contribution in [0.15, 0.2) is 29.8 Å². The first-order valence-corrected chi connectivity index (χ1v) is 10.7. The Labute approximate surface area is 168 Å². The number of amides is 2. The van der Waals surface area contributed by atoms with Crippen molar-refractivity contribution in [2.45, 2.75) is 64.3 Å². The highest BCUT2D eigenvalue weighted by molar-refractivity contribution is 6.31. The second-order valence-corrected chi connectivity index (χ2v) is 8.34. The van der Waals surface area contributed by atoms with Crippen molar-refractivity contribution >= 4 is 23.3 Å². The van der Waals surface area contributed by atoms with Crippen molar-refractivity contribution in [1.29, 1.82) is 0 Å². The van der Waals surface area contributed by atoms with Crippen LogP contribution in [0.2, 0.25) is 5.02 Å². The summed E-state index contributed by atoms with van der Waals surface area (Å²) in [5, 5.41) is 6.67. The Morgan fingerprint density at radius 3 is 2.74 bits per heavy atom. The number of hydrogen-bond acceptors (Lipinski definition) is 2. The first-order valence-electron chi connectivity index (χ1n) is 10.3. The molecule has 1 aromatic rings. The number of anilines is 1. The molecule has 2 N–H and O–H groups in total. The van der Waals surface area contributed by atoms with Gasteiger partial charge in [-0.1, -0.05) is 42.2 Å². The summed E-state index contributed by atoms with van der Waals surface area (Å²) in [5.74, 6) is 0. The van der Waals surface area contributed by atoms with Crippen molar-refractivity contribution in [3.63, 3.8) is 0 Å². The van der Waals surface area contributed by atoms with Gasteiger partial charge in [-0.2, -0.15) is 0 Å². The molecule has 0 atom stereocenters. The van der Waals surface area contributed by atoms with E-state index >= 15 is 0 Å². The number of hydrogen-bond donors (Lipinski definition) is 2. The smallest absolute Gasteiger partial charge is 0.319 e. The maximum Gasteiger partial charge on any atom is 0.319 e. The number of benzene rings is 1. The van der Waals surface area contributed by atoms with Gasteiger partial charge in [-0.15, -0.1) is 0 Å². The fourth-order valence-electron chi connectivity index (χ4n) is 3.95. The normalized spacial score (nSPS) is 19.7. The molecule has 1 saturated heterocycles. The molecule has 1 aromatic carbocycles. The van der Waals surface area contributed by atoms with Gasteiger partial charge in [-0.3, -0.25) is 4.90 Å². The van der Waals surface area contributed by atoms with E-state index in [0.29, 0.717) is 5.02 Å². The quantitative estimate of drug-likeness (QED) is 0.666.